The predicted octanol–water partition coefficient (Wildman–Crippen LogP) is 5.08. The molecule has 3 aromatic rings. The normalized spacial score (nSPS) is 13.0. The van der Waals surface area contributed by atoms with Crippen LogP contribution < -0.4 is 0 Å². The third kappa shape index (κ3) is 2.43. The van der Waals surface area contributed by atoms with Gasteiger partial charge in [0.15, 0.2) is 0 Å². The minimum Gasteiger partial charge on any atom is -0.463 e. The fraction of sp³-hybridized carbons (Fsp3) is 0.444. The topological polar surface area (TPSA) is 52.1 Å². The van der Waals surface area contributed by atoms with Crippen LogP contribution in [0.3, 0.4) is 0 Å². The predicted molar refractivity (Wildman–Crippen MR) is 86.9 cm³/mol. The van der Waals surface area contributed by atoms with Gasteiger partial charge in [0, 0.05) is 16.4 Å². The van der Waals surface area contributed by atoms with Gasteiger partial charge in [-0.05, 0) is 11.5 Å². The molecular formula is C18H22N2O2. The molecule has 0 bridgehead atoms. The van der Waals surface area contributed by atoms with E-state index in [-0.39, 0.29) is 10.8 Å². The van der Waals surface area contributed by atoms with Crippen molar-refractivity contribution in [1.82, 2.24) is 10.2 Å². The van der Waals surface area contributed by atoms with Gasteiger partial charge >= 0.3 is 0 Å². The van der Waals surface area contributed by atoms with Gasteiger partial charge in [-0.3, -0.25) is 0 Å². The quantitative estimate of drug-likeness (QED) is 0.628. The number of furan rings is 1. The minimum atomic E-state index is -0.168. The molecule has 0 aliphatic heterocycles. The van der Waals surface area contributed by atoms with E-state index in [1.807, 2.05) is 18.4 Å². The number of fused-ring (bicyclic) bond motifs is 1. The van der Waals surface area contributed by atoms with E-state index in [0.717, 1.165) is 16.5 Å². The second-order valence-electron chi connectivity index (χ2n) is 7.74. The summed E-state index contributed by atoms with van der Waals surface area (Å²) in [4.78, 5) is 0. The van der Waals surface area contributed by atoms with Gasteiger partial charge in [0.05, 0.1) is 11.8 Å². The van der Waals surface area contributed by atoms with E-state index in [9.17, 15) is 0 Å². The summed E-state index contributed by atoms with van der Waals surface area (Å²) in [7, 11) is 0. The first-order chi connectivity index (χ1) is 10.2. The van der Waals surface area contributed by atoms with Crippen LogP contribution in [-0.2, 0) is 10.8 Å². The lowest BCUT2D eigenvalue weighted by atomic mass is 9.86. The smallest absolute Gasteiger partial charge is 0.251 e. The molecule has 0 unspecified atom stereocenters. The Morgan fingerprint density at radius 2 is 1.64 bits per heavy atom. The molecule has 4 nitrogen and oxygen atoms in total. The molecule has 0 radical (unpaired) electrons. The monoisotopic (exact) mass is 298 g/mol. The first-order valence-electron chi connectivity index (χ1n) is 7.53. The molecule has 0 saturated carbocycles. The second kappa shape index (κ2) is 4.70. The van der Waals surface area contributed by atoms with Gasteiger partial charge in [-0.1, -0.05) is 53.7 Å². The van der Waals surface area contributed by atoms with Crippen LogP contribution in [0.5, 0.6) is 0 Å². The van der Waals surface area contributed by atoms with Crippen molar-refractivity contribution in [2.75, 3.05) is 0 Å². The van der Waals surface area contributed by atoms with Gasteiger partial charge in [0.2, 0.25) is 5.89 Å². The standard InChI is InChI=1S/C18H22N2O2/c1-17(2,3)13-10-21-14-11(13)8-7-9-12(14)15-19-20-16(22-15)18(4,5)6/h7-10H,1-6H3. The zero-order valence-corrected chi connectivity index (χ0v) is 14.0. The molecule has 0 fully saturated rings. The molecule has 0 N–H and O–H groups in total. The number of aromatic nitrogens is 2. The van der Waals surface area contributed by atoms with Crippen LogP contribution in [0.1, 0.15) is 53.0 Å². The molecule has 0 aliphatic carbocycles. The van der Waals surface area contributed by atoms with Crippen LogP contribution in [0.2, 0.25) is 0 Å². The van der Waals surface area contributed by atoms with Crippen LogP contribution in [0.25, 0.3) is 22.4 Å². The molecule has 2 heterocycles. The average Bonchev–Trinajstić information content (AvgIpc) is 3.03. The van der Waals surface area contributed by atoms with Crippen LogP contribution in [-0.4, -0.2) is 10.2 Å². The first kappa shape index (κ1) is 14.8. The van der Waals surface area contributed by atoms with Crippen molar-refractivity contribution in [2.45, 2.75) is 52.4 Å². The summed E-state index contributed by atoms with van der Waals surface area (Å²) in [6.45, 7) is 12.7. The lowest BCUT2D eigenvalue weighted by Crippen LogP contribution is -2.11. The minimum absolute atomic E-state index is 0.0231. The number of para-hydroxylation sites is 1. The van der Waals surface area contributed by atoms with E-state index in [2.05, 4.69) is 57.8 Å². The Hall–Kier alpha value is -2.10. The van der Waals surface area contributed by atoms with E-state index in [0.29, 0.717) is 11.8 Å². The Labute approximate surface area is 130 Å². The molecule has 3 rings (SSSR count). The molecule has 0 aliphatic rings. The molecule has 0 amide bonds. The fourth-order valence-corrected chi connectivity index (χ4v) is 2.44. The van der Waals surface area contributed by atoms with Crippen LogP contribution in [0.15, 0.2) is 33.3 Å². The van der Waals surface area contributed by atoms with Gasteiger partial charge < -0.3 is 8.83 Å². The third-order valence-corrected chi connectivity index (χ3v) is 3.70. The SMILES string of the molecule is CC(C)(C)c1nnc(-c2cccc3c(C(C)(C)C)coc23)o1. The highest BCUT2D eigenvalue weighted by molar-refractivity contribution is 5.92. The zero-order valence-electron chi connectivity index (χ0n) is 14.0. The van der Waals surface area contributed by atoms with Crippen LogP contribution in [0, 0.1) is 0 Å². The highest BCUT2D eigenvalue weighted by Crippen LogP contribution is 2.36. The number of nitrogens with zero attached hydrogens (tertiary/aromatic N) is 2. The molecule has 1 aromatic carbocycles. The van der Waals surface area contributed by atoms with E-state index in [1.165, 1.54) is 5.56 Å². The van der Waals surface area contributed by atoms with Crippen molar-refractivity contribution in [3.63, 3.8) is 0 Å². The Balaban J connectivity index is 2.16. The highest BCUT2D eigenvalue weighted by atomic mass is 16.4. The molecule has 4 heteroatoms. The number of rotatable bonds is 1. The van der Waals surface area contributed by atoms with Crippen molar-refractivity contribution >= 4 is 11.0 Å². The molecule has 22 heavy (non-hydrogen) atoms. The lowest BCUT2D eigenvalue weighted by molar-refractivity contribution is 0.399. The maximum atomic E-state index is 5.85. The van der Waals surface area contributed by atoms with E-state index < -0.39 is 0 Å². The summed E-state index contributed by atoms with van der Waals surface area (Å²) in [5.74, 6) is 1.13. The molecule has 0 saturated heterocycles. The van der Waals surface area contributed by atoms with Gasteiger partial charge in [0.25, 0.3) is 5.89 Å². The maximum absolute atomic E-state index is 5.85. The second-order valence-corrected chi connectivity index (χ2v) is 7.74. The Bertz CT molecular complexity index is 814. The van der Waals surface area contributed by atoms with Crippen LogP contribution in [0.4, 0.5) is 0 Å². The van der Waals surface area contributed by atoms with Gasteiger partial charge in [-0.25, -0.2) is 0 Å². The molecular weight excluding hydrogens is 276 g/mol. The number of hydrogen-bond acceptors (Lipinski definition) is 4. The zero-order chi connectivity index (χ0) is 16.1. The molecule has 0 spiro atoms. The maximum Gasteiger partial charge on any atom is 0.251 e. The Morgan fingerprint density at radius 3 is 2.23 bits per heavy atom. The summed E-state index contributed by atoms with van der Waals surface area (Å²) in [6, 6.07) is 6.03. The van der Waals surface area contributed by atoms with Crippen molar-refractivity contribution in [3.8, 4) is 11.5 Å². The summed E-state index contributed by atoms with van der Waals surface area (Å²) in [6.07, 6.45) is 1.83. The summed E-state index contributed by atoms with van der Waals surface area (Å²) in [5.41, 5.74) is 2.68. The molecule has 116 valence electrons. The first-order valence-corrected chi connectivity index (χ1v) is 7.53. The van der Waals surface area contributed by atoms with Crippen molar-refractivity contribution < 1.29 is 8.83 Å². The van der Waals surface area contributed by atoms with E-state index >= 15 is 0 Å². The van der Waals surface area contributed by atoms with Gasteiger partial charge in [-0.15, -0.1) is 10.2 Å². The fourth-order valence-electron chi connectivity index (χ4n) is 2.44. The van der Waals surface area contributed by atoms with E-state index in [1.54, 1.807) is 0 Å². The van der Waals surface area contributed by atoms with Crippen molar-refractivity contribution in [1.29, 1.82) is 0 Å². The Kier molecular flexibility index (Phi) is 3.17. The third-order valence-electron chi connectivity index (χ3n) is 3.70. The summed E-state index contributed by atoms with van der Waals surface area (Å²) < 4.78 is 11.7. The average molecular weight is 298 g/mol. The number of hydrogen-bond donors (Lipinski definition) is 0. The Morgan fingerprint density at radius 1 is 0.909 bits per heavy atom. The van der Waals surface area contributed by atoms with Gasteiger partial charge in [0.1, 0.15) is 5.58 Å². The van der Waals surface area contributed by atoms with E-state index in [4.69, 9.17) is 8.83 Å². The summed E-state index contributed by atoms with van der Waals surface area (Å²) in [5, 5.41) is 9.46. The van der Waals surface area contributed by atoms with Crippen molar-refractivity contribution in [2.24, 2.45) is 0 Å². The summed E-state index contributed by atoms with van der Waals surface area (Å²) >= 11 is 0. The highest BCUT2D eigenvalue weighted by Gasteiger charge is 2.25. The largest absolute Gasteiger partial charge is 0.463 e. The molecule has 2 aromatic heterocycles. The molecule has 0 atom stereocenters. The van der Waals surface area contributed by atoms with Crippen LogP contribution >= 0.6 is 0 Å². The lowest BCUT2D eigenvalue weighted by Gasteiger charge is -2.16. The van der Waals surface area contributed by atoms with Crippen molar-refractivity contribution in [3.05, 3.63) is 35.9 Å². The number of benzene rings is 1. The van der Waals surface area contributed by atoms with Gasteiger partial charge in [-0.2, -0.15) is 0 Å².